The highest BCUT2D eigenvalue weighted by atomic mass is 16.1. The largest absolute Gasteiger partial charge is 0.290 e. The maximum absolute atomic E-state index is 12.8. The first kappa shape index (κ1) is 17.9. The summed E-state index contributed by atoms with van der Waals surface area (Å²) in [6.45, 7) is 2.43. The number of hydrogen-bond acceptors (Lipinski definition) is 2. The van der Waals surface area contributed by atoms with E-state index in [1.165, 1.54) is 0 Å². The van der Waals surface area contributed by atoms with Gasteiger partial charge in [-0.2, -0.15) is 0 Å². The molecule has 28 heavy (non-hydrogen) atoms. The standard InChI is InChI=1S/C24H21N2O2/c1-18-25(16-23(27)19-10-4-2-5-11-19)21-14-8-9-15-22(21)26(18)17-24(28)20-12-6-3-7-13-20/h2-15H,16-17H2,1H3/q+1. The van der Waals surface area contributed by atoms with Crippen LogP contribution in [0, 0.1) is 6.92 Å². The summed E-state index contributed by atoms with van der Waals surface area (Å²) in [5.74, 6) is 0.978. The maximum Gasteiger partial charge on any atom is 0.255 e. The van der Waals surface area contributed by atoms with E-state index >= 15 is 0 Å². The number of nitrogens with zero attached hydrogens (tertiary/aromatic N) is 2. The van der Waals surface area contributed by atoms with Gasteiger partial charge >= 0.3 is 0 Å². The molecule has 0 spiro atoms. The van der Waals surface area contributed by atoms with Crippen LogP contribution in [-0.4, -0.2) is 16.1 Å². The zero-order chi connectivity index (χ0) is 19.5. The average molecular weight is 369 g/mol. The lowest BCUT2D eigenvalue weighted by Crippen LogP contribution is -2.40. The van der Waals surface area contributed by atoms with E-state index in [1.807, 2.05) is 101 Å². The first-order valence-electron chi connectivity index (χ1n) is 9.29. The van der Waals surface area contributed by atoms with Gasteiger partial charge in [0.2, 0.25) is 11.6 Å². The number of para-hydroxylation sites is 2. The van der Waals surface area contributed by atoms with Crippen LogP contribution in [0.5, 0.6) is 0 Å². The average Bonchev–Trinajstić information content (AvgIpc) is 3.01. The summed E-state index contributed by atoms with van der Waals surface area (Å²) >= 11 is 0. The zero-order valence-corrected chi connectivity index (χ0v) is 15.7. The molecule has 0 fully saturated rings. The third kappa shape index (κ3) is 3.37. The van der Waals surface area contributed by atoms with E-state index in [4.69, 9.17) is 0 Å². The van der Waals surface area contributed by atoms with Crippen LogP contribution >= 0.6 is 0 Å². The molecule has 0 amide bonds. The SMILES string of the molecule is Cc1n(CC(=O)c2ccccc2)c2ccccc2[n+]1CC(=O)c1ccccc1. The summed E-state index contributed by atoms with van der Waals surface area (Å²) in [6.07, 6.45) is 0. The molecule has 0 saturated carbocycles. The van der Waals surface area contributed by atoms with Crippen LogP contribution in [0.15, 0.2) is 84.9 Å². The minimum Gasteiger partial charge on any atom is -0.290 e. The van der Waals surface area contributed by atoms with Gasteiger partial charge in [0.05, 0.1) is 0 Å². The van der Waals surface area contributed by atoms with Crippen LogP contribution in [-0.2, 0) is 13.1 Å². The van der Waals surface area contributed by atoms with Gasteiger partial charge in [-0.15, -0.1) is 0 Å². The van der Waals surface area contributed by atoms with Gasteiger partial charge in [0.15, 0.2) is 24.1 Å². The second-order valence-corrected chi connectivity index (χ2v) is 6.79. The minimum atomic E-state index is 0.0472. The number of hydrogen-bond donors (Lipinski definition) is 0. The molecule has 0 N–H and O–H groups in total. The molecule has 0 atom stereocenters. The Balaban J connectivity index is 1.72. The lowest BCUT2D eigenvalue weighted by atomic mass is 10.1. The first-order valence-corrected chi connectivity index (χ1v) is 9.29. The van der Waals surface area contributed by atoms with Crippen LogP contribution in [0.25, 0.3) is 11.0 Å². The van der Waals surface area contributed by atoms with Crippen LogP contribution in [0.4, 0.5) is 0 Å². The molecule has 0 radical (unpaired) electrons. The number of carbonyl (C=O) groups excluding carboxylic acids is 2. The topological polar surface area (TPSA) is 43.0 Å². The van der Waals surface area contributed by atoms with Gasteiger partial charge < -0.3 is 0 Å². The number of carbonyl (C=O) groups is 2. The fourth-order valence-corrected chi connectivity index (χ4v) is 3.53. The monoisotopic (exact) mass is 369 g/mol. The lowest BCUT2D eigenvalue weighted by Gasteiger charge is -2.02. The van der Waals surface area contributed by atoms with E-state index in [9.17, 15) is 9.59 Å². The molecule has 4 nitrogen and oxygen atoms in total. The third-order valence-corrected chi connectivity index (χ3v) is 5.04. The smallest absolute Gasteiger partial charge is 0.255 e. The van der Waals surface area contributed by atoms with E-state index in [0.29, 0.717) is 11.1 Å². The molecular formula is C24H21N2O2+. The van der Waals surface area contributed by atoms with E-state index < -0.39 is 0 Å². The Hall–Kier alpha value is -3.53. The number of fused-ring (bicyclic) bond motifs is 1. The van der Waals surface area contributed by atoms with Crippen molar-refractivity contribution in [1.29, 1.82) is 0 Å². The molecule has 0 bridgehead atoms. The number of Topliss-reactive ketones (excluding diaryl/α,β-unsaturated/α-hetero) is 2. The molecule has 4 rings (SSSR count). The minimum absolute atomic E-state index is 0.0472. The predicted molar refractivity (Wildman–Crippen MR) is 108 cm³/mol. The Morgan fingerprint density at radius 1 is 0.750 bits per heavy atom. The van der Waals surface area contributed by atoms with Gasteiger partial charge in [0, 0.05) is 18.1 Å². The van der Waals surface area contributed by atoms with Gasteiger partial charge in [0.25, 0.3) is 5.82 Å². The van der Waals surface area contributed by atoms with Crippen molar-refractivity contribution < 1.29 is 14.2 Å². The van der Waals surface area contributed by atoms with E-state index in [0.717, 1.165) is 16.9 Å². The summed E-state index contributed by atoms with van der Waals surface area (Å²) in [5, 5.41) is 0. The summed E-state index contributed by atoms with van der Waals surface area (Å²) in [4.78, 5) is 25.5. The fraction of sp³-hybridized carbons (Fsp3) is 0.125. The van der Waals surface area contributed by atoms with Gasteiger partial charge in [-0.1, -0.05) is 72.8 Å². The Morgan fingerprint density at radius 2 is 1.29 bits per heavy atom. The molecule has 138 valence electrons. The third-order valence-electron chi connectivity index (χ3n) is 5.04. The molecule has 0 unspecified atom stereocenters. The van der Waals surface area contributed by atoms with Crippen molar-refractivity contribution >= 4 is 22.6 Å². The summed E-state index contributed by atoms with van der Waals surface area (Å²) in [7, 11) is 0. The van der Waals surface area contributed by atoms with Crippen molar-refractivity contribution in [2.45, 2.75) is 20.0 Å². The molecule has 0 saturated heterocycles. The van der Waals surface area contributed by atoms with Crippen molar-refractivity contribution in [1.82, 2.24) is 4.57 Å². The summed E-state index contributed by atoms with van der Waals surface area (Å²) < 4.78 is 3.98. The molecule has 3 aromatic carbocycles. The fourth-order valence-electron chi connectivity index (χ4n) is 3.53. The van der Waals surface area contributed by atoms with Crippen molar-refractivity contribution in [3.63, 3.8) is 0 Å². The Kier molecular flexibility index (Phi) is 4.85. The highest BCUT2D eigenvalue weighted by molar-refractivity contribution is 5.97. The zero-order valence-electron chi connectivity index (χ0n) is 15.7. The Bertz CT molecular complexity index is 1050. The highest BCUT2D eigenvalue weighted by Crippen LogP contribution is 2.16. The molecule has 4 aromatic rings. The molecule has 1 heterocycles. The van der Waals surface area contributed by atoms with Gasteiger partial charge in [-0.25, -0.2) is 9.13 Å². The second kappa shape index (κ2) is 7.61. The van der Waals surface area contributed by atoms with Gasteiger partial charge in [-0.05, 0) is 12.1 Å². The van der Waals surface area contributed by atoms with Crippen molar-refractivity contribution in [3.8, 4) is 0 Å². The molecular weight excluding hydrogens is 348 g/mol. The Morgan fingerprint density at radius 3 is 1.93 bits per heavy atom. The van der Waals surface area contributed by atoms with Crippen LogP contribution in [0.1, 0.15) is 26.5 Å². The van der Waals surface area contributed by atoms with Crippen molar-refractivity contribution in [2.24, 2.45) is 0 Å². The van der Waals surface area contributed by atoms with Gasteiger partial charge in [0.1, 0.15) is 0 Å². The molecule has 1 aromatic heterocycles. The molecule has 0 aliphatic carbocycles. The lowest BCUT2D eigenvalue weighted by molar-refractivity contribution is -0.664. The molecule has 0 aliphatic heterocycles. The number of aromatic nitrogens is 2. The number of benzene rings is 3. The van der Waals surface area contributed by atoms with Crippen LogP contribution in [0.3, 0.4) is 0 Å². The maximum atomic E-state index is 12.8. The normalized spacial score (nSPS) is 10.9. The summed E-state index contributed by atoms with van der Waals surface area (Å²) in [5.41, 5.74) is 3.27. The first-order chi connectivity index (χ1) is 13.6. The van der Waals surface area contributed by atoms with Crippen LogP contribution in [0.2, 0.25) is 0 Å². The quantitative estimate of drug-likeness (QED) is 0.381. The van der Waals surface area contributed by atoms with Crippen LogP contribution < -0.4 is 4.57 Å². The van der Waals surface area contributed by atoms with Crippen molar-refractivity contribution in [2.75, 3.05) is 0 Å². The number of ketones is 2. The predicted octanol–water partition coefficient (Wildman–Crippen LogP) is 4.00. The van der Waals surface area contributed by atoms with E-state index in [-0.39, 0.29) is 24.7 Å². The van der Waals surface area contributed by atoms with E-state index in [1.54, 1.807) is 0 Å². The molecule has 4 heteroatoms. The number of imidazole rings is 1. The van der Waals surface area contributed by atoms with Gasteiger partial charge in [-0.3, -0.25) is 9.59 Å². The highest BCUT2D eigenvalue weighted by Gasteiger charge is 2.25. The summed E-state index contributed by atoms with van der Waals surface area (Å²) in [6, 6.07) is 26.5. The Labute approximate surface area is 163 Å². The molecule has 0 aliphatic rings. The van der Waals surface area contributed by atoms with Crippen molar-refractivity contribution in [3.05, 3.63) is 102 Å². The number of rotatable bonds is 6. The second-order valence-electron chi connectivity index (χ2n) is 6.79. The van der Waals surface area contributed by atoms with E-state index in [2.05, 4.69) is 0 Å².